The van der Waals surface area contributed by atoms with Gasteiger partial charge in [0.1, 0.15) is 5.82 Å². The number of primary amides is 1. The minimum absolute atomic E-state index is 0.186. The van der Waals surface area contributed by atoms with Crippen molar-refractivity contribution in [2.24, 2.45) is 5.73 Å². The second-order valence-corrected chi connectivity index (χ2v) is 3.19. The molecule has 0 fully saturated rings. The van der Waals surface area contributed by atoms with Gasteiger partial charge in [0.15, 0.2) is 0 Å². The molecule has 0 spiro atoms. The van der Waals surface area contributed by atoms with Gasteiger partial charge in [0, 0.05) is 6.08 Å². The van der Waals surface area contributed by atoms with Crippen molar-refractivity contribution in [1.82, 2.24) is 0 Å². The number of rotatable bonds is 4. The first-order valence-corrected chi connectivity index (χ1v) is 4.98. The molecule has 5 heteroatoms. The van der Waals surface area contributed by atoms with Crippen LogP contribution in [0.25, 0.3) is 6.08 Å². The zero-order chi connectivity index (χ0) is 12.8. The van der Waals surface area contributed by atoms with Gasteiger partial charge in [-0.3, -0.25) is 4.79 Å². The Hall–Kier alpha value is -2.17. The Morgan fingerprint density at radius 1 is 1.47 bits per heavy atom. The van der Waals surface area contributed by atoms with Crippen LogP contribution in [0.2, 0.25) is 0 Å². The highest BCUT2D eigenvalue weighted by Crippen LogP contribution is 2.14. The molecular formula is C12H12FNO3. The van der Waals surface area contributed by atoms with Gasteiger partial charge in [0.05, 0.1) is 12.2 Å². The summed E-state index contributed by atoms with van der Waals surface area (Å²) in [5.41, 5.74) is 5.37. The van der Waals surface area contributed by atoms with Crippen LogP contribution in [-0.2, 0) is 9.53 Å². The summed E-state index contributed by atoms with van der Waals surface area (Å²) in [4.78, 5) is 22.1. The second-order valence-electron chi connectivity index (χ2n) is 3.19. The van der Waals surface area contributed by atoms with Crippen molar-refractivity contribution >= 4 is 18.0 Å². The summed E-state index contributed by atoms with van der Waals surface area (Å²) in [5.74, 6) is -1.76. The summed E-state index contributed by atoms with van der Waals surface area (Å²) in [6.07, 6.45) is 2.33. The Morgan fingerprint density at radius 3 is 2.76 bits per heavy atom. The molecule has 0 unspecified atom stereocenters. The standard InChI is InChI=1S/C12H12FNO3/c1-2-17-12(16)10-5-4-9(13)7-8(10)3-6-11(14)15/h3-7H,2H2,1H3,(H2,14,15). The quantitative estimate of drug-likeness (QED) is 0.637. The highest BCUT2D eigenvalue weighted by molar-refractivity contribution is 5.96. The third-order valence-electron chi connectivity index (χ3n) is 1.94. The highest BCUT2D eigenvalue weighted by Gasteiger charge is 2.11. The van der Waals surface area contributed by atoms with E-state index in [4.69, 9.17) is 10.5 Å². The van der Waals surface area contributed by atoms with E-state index in [1.165, 1.54) is 12.1 Å². The van der Waals surface area contributed by atoms with Gasteiger partial charge < -0.3 is 10.5 Å². The Kier molecular flexibility index (Phi) is 4.39. The van der Waals surface area contributed by atoms with E-state index < -0.39 is 17.7 Å². The van der Waals surface area contributed by atoms with E-state index in [0.717, 1.165) is 18.2 Å². The fraction of sp³-hybridized carbons (Fsp3) is 0.167. The molecular weight excluding hydrogens is 225 g/mol. The summed E-state index contributed by atoms with van der Waals surface area (Å²) in [6.45, 7) is 1.88. The first-order valence-electron chi connectivity index (χ1n) is 4.98. The lowest BCUT2D eigenvalue weighted by molar-refractivity contribution is -0.113. The van der Waals surface area contributed by atoms with Crippen LogP contribution in [0, 0.1) is 5.82 Å². The van der Waals surface area contributed by atoms with Crippen molar-refractivity contribution in [3.05, 3.63) is 41.2 Å². The fourth-order valence-electron chi connectivity index (χ4n) is 1.24. The fourth-order valence-corrected chi connectivity index (χ4v) is 1.24. The zero-order valence-corrected chi connectivity index (χ0v) is 9.27. The lowest BCUT2D eigenvalue weighted by atomic mass is 10.1. The lowest BCUT2D eigenvalue weighted by Gasteiger charge is -2.05. The van der Waals surface area contributed by atoms with Gasteiger partial charge >= 0.3 is 5.97 Å². The third kappa shape index (κ3) is 3.71. The predicted molar refractivity (Wildman–Crippen MR) is 60.6 cm³/mol. The van der Waals surface area contributed by atoms with Crippen molar-refractivity contribution in [2.45, 2.75) is 6.92 Å². The van der Waals surface area contributed by atoms with Crippen molar-refractivity contribution < 1.29 is 18.7 Å². The molecule has 1 aromatic rings. The lowest BCUT2D eigenvalue weighted by Crippen LogP contribution is -2.08. The van der Waals surface area contributed by atoms with E-state index in [1.807, 2.05) is 0 Å². The number of carbonyl (C=O) groups is 2. The van der Waals surface area contributed by atoms with Crippen molar-refractivity contribution in [2.75, 3.05) is 6.61 Å². The van der Waals surface area contributed by atoms with E-state index in [9.17, 15) is 14.0 Å². The smallest absolute Gasteiger partial charge is 0.338 e. The summed E-state index contributed by atoms with van der Waals surface area (Å²) in [5, 5.41) is 0. The Morgan fingerprint density at radius 2 is 2.18 bits per heavy atom. The van der Waals surface area contributed by atoms with Crippen LogP contribution < -0.4 is 5.73 Å². The van der Waals surface area contributed by atoms with Gasteiger partial charge in [-0.2, -0.15) is 0 Å². The molecule has 0 atom stereocenters. The van der Waals surface area contributed by atoms with E-state index in [2.05, 4.69) is 0 Å². The van der Waals surface area contributed by atoms with Crippen molar-refractivity contribution in [3.8, 4) is 0 Å². The molecule has 0 aliphatic heterocycles. The molecule has 0 heterocycles. The predicted octanol–water partition coefficient (Wildman–Crippen LogP) is 1.50. The largest absolute Gasteiger partial charge is 0.462 e. The average molecular weight is 237 g/mol. The number of halogens is 1. The summed E-state index contributed by atoms with van der Waals surface area (Å²) in [6, 6.07) is 3.58. The van der Waals surface area contributed by atoms with Gasteiger partial charge in [0.2, 0.25) is 5.91 Å². The number of esters is 1. The molecule has 0 saturated heterocycles. The topological polar surface area (TPSA) is 69.4 Å². The van der Waals surface area contributed by atoms with Crippen LogP contribution in [0.5, 0.6) is 0 Å². The normalized spacial score (nSPS) is 10.5. The average Bonchev–Trinajstić information content (AvgIpc) is 2.26. The molecule has 2 N–H and O–H groups in total. The van der Waals surface area contributed by atoms with Crippen molar-refractivity contribution in [3.63, 3.8) is 0 Å². The highest BCUT2D eigenvalue weighted by atomic mass is 19.1. The number of amides is 1. The molecule has 1 aromatic carbocycles. The first-order chi connectivity index (χ1) is 8.04. The zero-order valence-electron chi connectivity index (χ0n) is 9.27. The molecule has 0 aromatic heterocycles. The Bertz CT molecular complexity index is 469. The van der Waals surface area contributed by atoms with Crippen LogP contribution >= 0.6 is 0 Å². The molecule has 0 radical (unpaired) electrons. The van der Waals surface area contributed by atoms with E-state index in [-0.39, 0.29) is 17.7 Å². The Balaban J connectivity index is 3.12. The number of hydrogen-bond acceptors (Lipinski definition) is 3. The van der Waals surface area contributed by atoms with Crippen LogP contribution in [0.3, 0.4) is 0 Å². The minimum Gasteiger partial charge on any atom is -0.462 e. The third-order valence-corrected chi connectivity index (χ3v) is 1.94. The number of benzene rings is 1. The summed E-state index contributed by atoms with van der Waals surface area (Å²) >= 11 is 0. The first kappa shape index (κ1) is 12.9. The molecule has 90 valence electrons. The molecule has 1 amide bonds. The van der Waals surface area contributed by atoms with Crippen LogP contribution in [-0.4, -0.2) is 18.5 Å². The Labute approximate surface area is 97.9 Å². The minimum atomic E-state index is -0.677. The molecule has 4 nitrogen and oxygen atoms in total. The van der Waals surface area contributed by atoms with Gasteiger partial charge in [-0.05, 0) is 36.8 Å². The monoisotopic (exact) mass is 237 g/mol. The van der Waals surface area contributed by atoms with Gasteiger partial charge in [-0.1, -0.05) is 0 Å². The summed E-state index contributed by atoms with van der Waals surface area (Å²) in [7, 11) is 0. The molecule has 0 saturated carbocycles. The molecule has 0 aliphatic carbocycles. The maximum absolute atomic E-state index is 13.0. The van der Waals surface area contributed by atoms with Crippen LogP contribution in [0.15, 0.2) is 24.3 Å². The SMILES string of the molecule is CCOC(=O)c1ccc(F)cc1C=CC(N)=O. The number of carbonyl (C=O) groups excluding carboxylic acids is 2. The molecule has 17 heavy (non-hydrogen) atoms. The van der Waals surface area contributed by atoms with Gasteiger partial charge in [0.25, 0.3) is 0 Å². The van der Waals surface area contributed by atoms with Crippen LogP contribution in [0.1, 0.15) is 22.8 Å². The van der Waals surface area contributed by atoms with Crippen molar-refractivity contribution in [1.29, 1.82) is 0 Å². The number of hydrogen-bond donors (Lipinski definition) is 1. The molecule has 0 aliphatic rings. The molecule has 0 bridgehead atoms. The summed E-state index contributed by atoms with van der Waals surface area (Å²) < 4.78 is 17.8. The number of nitrogens with two attached hydrogens (primary N) is 1. The van der Waals surface area contributed by atoms with E-state index >= 15 is 0 Å². The number of ether oxygens (including phenoxy) is 1. The maximum Gasteiger partial charge on any atom is 0.338 e. The van der Waals surface area contributed by atoms with Gasteiger partial charge in [-0.25, -0.2) is 9.18 Å². The molecule has 1 rings (SSSR count). The van der Waals surface area contributed by atoms with E-state index in [0.29, 0.717) is 0 Å². The van der Waals surface area contributed by atoms with E-state index in [1.54, 1.807) is 6.92 Å². The second kappa shape index (κ2) is 5.79. The van der Waals surface area contributed by atoms with Gasteiger partial charge in [-0.15, -0.1) is 0 Å². The maximum atomic E-state index is 13.0. The van der Waals surface area contributed by atoms with Crippen LogP contribution in [0.4, 0.5) is 4.39 Å².